The highest BCUT2D eigenvalue weighted by Crippen LogP contribution is 2.18. The minimum Gasteiger partial charge on any atom is -0.329 e. The Labute approximate surface area is 75.6 Å². The first-order valence-corrected chi connectivity index (χ1v) is 4.32. The average Bonchev–Trinajstić information content (AvgIpc) is 2.44. The monoisotopic (exact) mass is 180 g/mol. The molecule has 0 aliphatic heterocycles. The number of para-hydroxylation sites is 1. The van der Waals surface area contributed by atoms with Gasteiger partial charge >= 0.3 is 0 Å². The van der Waals surface area contributed by atoms with E-state index in [1.807, 2.05) is 12.1 Å². The Morgan fingerprint density at radius 1 is 1.50 bits per heavy atom. The van der Waals surface area contributed by atoms with Gasteiger partial charge in [-0.05, 0) is 29.7 Å². The molecule has 1 N–H and O–H groups in total. The number of hydrogen-bond acceptors (Lipinski definition) is 1. The van der Waals surface area contributed by atoms with Crippen molar-refractivity contribution < 1.29 is 0 Å². The van der Waals surface area contributed by atoms with Crippen molar-refractivity contribution in [2.45, 2.75) is 13.3 Å². The summed E-state index contributed by atoms with van der Waals surface area (Å²) in [6, 6.07) is 6.06. The van der Waals surface area contributed by atoms with Crippen molar-refractivity contribution in [1.82, 2.24) is 9.97 Å². The van der Waals surface area contributed by atoms with Crippen molar-refractivity contribution >= 4 is 22.6 Å². The predicted octanol–water partition coefficient (Wildman–Crippen LogP) is 2.78. The Morgan fingerprint density at radius 2 is 2.33 bits per heavy atom. The largest absolute Gasteiger partial charge is 0.329 e. The van der Waals surface area contributed by atoms with Gasteiger partial charge in [-0.25, -0.2) is 4.98 Å². The number of imidazole rings is 1. The zero-order chi connectivity index (χ0) is 8.55. The maximum absolute atomic E-state index is 5.75. The zero-order valence-corrected chi connectivity index (χ0v) is 7.52. The van der Waals surface area contributed by atoms with Crippen LogP contribution in [0.1, 0.15) is 12.5 Å². The highest BCUT2D eigenvalue weighted by atomic mass is 35.5. The molecular formula is C9H9ClN2. The van der Waals surface area contributed by atoms with Crippen molar-refractivity contribution in [3.8, 4) is 0 Å². The molecule has 0 atom stereocenters. The lowest BCUT2D eigenvalue weighted by Crippen LogP contribution is -1.81. The van der Waals surface area contributed by atoms with E-state index in [1.165, 1.54) is 5.56 Å². The van der Waals surface area contributed by atoms with Gasteiger partial charge in [0, 0.05) is 0 Å². The molecule has 12 heavy (non-hydrogen) atoms. The van der Waals surface area contributed by atoms with E-state index in [9.17, 15) is 0 Å². The zero-order valence-electron chi connectivity index (χ0n) is 6.76. The van der Waals surface area contributed by atoms with E-state index in [0.717, 1.165) is 17.5 Å². The summed E-state index contributed by atoms with van der Waals surface area (Å²) in [5, 5.41) is 0.464. The molecule has 0 aliphatic carbocycles. The minimum atomic E-state index is 0.464. The third kappa shape index (κ3) is 1.08. The molecule has 2 rings (SSSR count). The Bertz CT molecular complexity index is 406. The van der Waals surface area contributed by atoms with Crippen LogP contribution in [-0.4, -0.2) is 9.97 Å². The molecule has 1 aromatic carbocycles. The summed E-state index contributed by atoms with van der Waals surface area (Å²) >= 11 is 5.75. The van der Waals surface area contributed by atoms with Gasteiger partial charge in [0.1, 0.15) is 0 Å². The predicted molar refractivity (Wildman–Crippen MR) is 50.5 cm³/mol. The first-order valence-electron chi connectivity index (χ1n) is 3.94. The summed E-state index contributed by atoms with van der Waals surface area (Å²) in [4.78, 5) is 7.18. The molecule has 0 radical (unpaired) electrons. The number of halogens is 1. The smallest absolute Gasteiger partial charge is 0.201 e. The molecule has 0 amide bonds. The van der Waals surface area contributed by atoms with Gasteiger partial charge in [-0.1, -0.05) is 19.1 Å². The molecule has 1 heterocycles. The third-order valence-corrected chi connectivity index (χ3v) is 2.13. The maximum Gasteiger partial charge on any atom is 0.201 e. The number of aryl methyl sites for hydroxylation is 1. The molecule has 2 nitrogen and oxygen atoms in total. The van der Waals surface area contributed by atoms with Crippen LogP contribution in [0.25, 0.3) is 11.0 Å². The fourth-order valence-electron chi connectivity index (χ4n) is 1.35. The molecule has 0 spiro atoms. The van der Waals surface area contributed by atoms with Gasteiger partial charge in [0.25, 0.3) is 0 Å². The topological polar surface area (TPSA) is 28.7 Å². The number of H-pyrrole nitrogens is 1. The van der Waals surface area contributed by atoms with Gasteiger partial charge in [-0.3, -0.25) is 0 Å². The molecule has 2 aromatic rings. The lowest BCUT2D eigenvalue weighted by atomic mass is 10.1. The van der Waals surface area contributed by atoms with Crippen molar-refractivity contribution in [3.63, 3.8) is 0 Å². The van der Waals surface area contributed by atoms with Crippen LogP contribution >= 0.6 is 11.6 Å². The number of aromatic amines is 1. The van der Waals surface area contributed by atoms with Crippen LogP contribution in [0.4, 0.5) is 0 Å². The van der Waals surface area contributed by atoms with E-state index < -0.39 is 0 Å². The van der Waals surface area contributed by atoms with Crippen LogP contribution in [0.2, 0.25) is 5.28 Å². The molecule has 0 unspecified atom stereocenters. The van der Waals surface area contributed by atoms with Gasteiger partial charge in [-0.15, -0.1) is 0 Å². The maximum atomic E-state index is 5.75. The number of nitrogens with zero attached hydrogens (tertiary/aromatic N) is 1. The summed E-state index contributed by atoms with van der Waals surface area (Å²) < 4.78 is 0. The molecule has 0 fully saturated rings. The van der Waals surface area contributed by atoms with Crippen LogP contribution in [-0.2, 0) is 6.42 Å². The Kier molecular flexibility index (Phi) is 1.77. The second-order valence-electron chi connectivity index (χ2n) is 2.69. The molecule has 0 bridgehead atoms. The molecule has 3 heteroatoms. The van der Waals surface area contributed by atoms with Crippen LogP contribution in [0, 0.1) is 0 Å². The minimum absolute atomic E-state index is 0.464. The van der Waals surface area contributed by atoms with Gasteiger partial charge in [-0.2, -0.15) is 0 Å². The lowest BCUT2D eigenvalue weighted by molar-refractivity contribution is 1.15. The fourth-order valence-corrected chi connectivity index (χ4v) is 1.53. The fraction of sp³-hybridized carbons (Fsp3) is 0.222. The molecule has 0 aliphatic rings. The Morgan fingerprint density at radius 3 is 3.08 bits per heavy atom. The molecule has 62 valence electrons. The van der Waals surface area contributed by atoms with Gasteiger partial charge in [0.05, 0.1) is 11.0 Å². The second kappa shape index (κ2) is 2.79. The number of fused-ring (bicyclic) bond motifs is 1. The highest BCUT2D eigenvalue weighted by molar-refractivity contribution is 6.29. The van der Waals surface area contributed by atoms with E-state index in [4.69, 9.17) is 11.6 Å². The van der Waals surface area contributed by atoms with Crippen LogP contribution in [0.15, 0.2) is 18.2 Å². The van der Waals surface area contributed by atoms with E-state index in [-0.39, 0.29) is 0 Å². The van der Waals surface area contributed by atoms with Crippen molar-refractivity contribution in [2.24, 2.45) is 0 Å². The summed E-state index contributed by atoms with van der Waals surface area (Å²) in [5.41, 5.74) is 3.24. The van der Waals surface area contributed by atoms with Crippen LogP contribution in [0.5, 0.6) is 0 Å². The van der Waals surface area contributed by atoms with E-state index in [2.05, 4.69) is 23.0 Å². The molecule has 1 aromatic heterocycles. The van der Waals surface area contributed by atoms with Crippen molar-refractivity contribution in [3.05, 3.63) is 29.0 Å². The number of rotatable bonds is 1. The average molecular weight is 181 g/mol. The normalized spacial score (nSPS) is 10.8. The van der Waals surface area contributed by atoms with Gasteiger partial charge < -0.3 is 4.98 Å². The van der Waals surface area contributed by atoms with Crippen LogP contribution in [0.3, 0.4) is 0 Å². The summed E-state index contributed by atoms with van der Waals surface area (Å²) in [5.74, 6) is 0. The number of aromatic nitrogens is 2. The number of benzene rings is 1. The highest BCUT2D eigenvalue weighted by Gasteiger charge is 2.03. The van der Waals surface area contributed by atoms with Gasteiger partial charge in [0.2, 0.25) is 5.28 Å². The van der Waals surface area contributed by atoms with E-state index in [1.54, 1.807) is 0 Å². The second-order valence-corrected chi connectivity index (χ2v) is 3.05. The van der Waals surface area contributed by atoms with Gasteiger partial charge in [0.15, 0.2) is 0 Å². The first-order chi connectivity index (χ1) is 5.81. The van der Waals surface area contributed by atoms with Crippen LogP contribution < -0.4 is 0 Å². The number of hydrogen-bond donors (Lipinski definition) is 1. The lowest BCUT2D eigenvalue weighted by Gasteiger charge is -1.95. The summed E-state index contributed by atoms with van der Waals surface area (Å²) in [7, 11) is 0. The standard InChI is InChI=1S/C9H9ClN2/c1-2-6-4-3-5-7-8(6)12-9(10)11-7/h3-5H,2H2,1H3,(H,11,12). The molecular weight excluding hydrogens is 172 g/mol. The van der Waals surface area contributed by atoms with Crippen molar-refractivity contribution in [2.75, 3.05) is 0 Å². The molecule has 0 saturated heterocycles. The first kappa shape index (κ1) is 7.62. The Balaban J connectivity index is 2.78. The summed E-state index contributed by atoms with van der Waals surface area (Å²) in [6.07, 6.45) is 0.985. The quantitative estimate of drug-likeness (QED) is 0.719. The Hall–Kier alpha value is -1.02. The summed E-state index contributed by atoms with van der Waals surface area (Å²) in [6.45, 7) is 2.11. The third-order valence-electron chi connectivity index (χ3n) is 1.95. The number of nitrogens with one attached hydrogen (secondary N) is 1. The van der Waals surface area contributed by atoms with Crippen molar-refractivity contribution in [1.29, 1.82) is 0 Å². The SMILES string of the molecule is CCc1cccc2[nH]c(Cl)nc12. The molecule has 0 saturated carbocycles. The van der Waals surface area contributed by atoms with E-state index >= 15 is 0 Å². The van der Waals surface area contributed by atoms with E-state index in [0.29, 0.717) is 5.28 Å².